The smallest absolute Gasteiger partial charge is 0.260 e. The summed E-state index contributed by atoms with van der Waals surface area (Å²) in [6.45, 7) is 12.2. The van der Waals surface area contributed by atoms with Gasteiger partial charge in [-0.3, -0.25) is 9.69 Å². The second kappa shape index (κ2) is 15.8. The molecule has 222 valence electrons. The maximum atomic E-state index is 13.8. The average molecular weight is 613 g/mol. The molecule has 12 heteroatoms. The lowest BCUT2D eigenvalue weighted by molar-refractivity contribution is 0.0983. The summed E-state index contributed by atoms with van der Waals surface area (Å²) in [5.74, 6) is -0.214. The van der Waals surface area contributed by atoms with E-state index in [1.165, 1.54) is 47.6 Å². The Kier molecular flexibility index (Phi) is 13.4. The highest BCUT2D eigenvalue weighted by Crippen LogP contribution is 2.32. The van der Waals surface area contributed by atoms with Crippen LogP contribution < -0.4 is 4.90 Å². The minimum Gasteiger partial charge on any atom is -0.383 e. The first-order valence-electron chi connectivity index (χ1n) is 13.2. The molecule has 0 saturated heterocycles. The molecular formula is C28H41ClN4O5S2. The number of aromatic nitrogens is 1. The molecule has 0 spiro atoms. The first-order valence-corrected chi connectivity index (χ1v) is 15.4. The summed E-state index contributed by atoms with van der Waals surface area (Å²) < 4.78 is 39.1. The molecule has 0 atom stereocenters. The number of benzene rings is 2. The van der Waals surface area contributed by atoms with E-state index in [9.17, 15) is 13.2 Å². The number of fused-ring (bicyclic) bond motifs is 1. The van der Waals surface area contributed by atoms with Crippen molar-refractivity contribution in [1.29, 1.82) is 0 Å². The van der Waals surface area contributed by atoms with Crippen molar-refractivity contribution < 1.29 is 22.7 Å². The molecule has 0 radical (unpaired) electrons. The third-order valence-electron chi connectivity index (χ3n) is 6.83. The summed E-state index contributed by atoms with van der Waals surface area (Å²) >= 11 is 1.49. The molecule has 0 aliphatic carbocycles. The van der Waals surface area contributed by atoms with Crippen LogP contribution in [-0.4, -0.2) is 95.2 Å². The highest BCUT2D eigenvalue weighted by molar-refractivity contribution is 7.89. The van der Waals surface area contributed by atoms with Crippen LogP contribution in [0.2, 0.25) is 0 Å². The molecule has 3 aromatic rings. The molecule has 0 aliphatic heterocycles. The van der Waals surface area contributed by atoms with Gasteiger partial charge in [-0.05, 0) is 74.5 Å². The van der Waals surface area contributed by atoms with Crippen molar-refractivity contribution >= 4 is 55.0 Å². The Labute approximate surface area is 248 Å². The highest BCUT2D eigenvalue weighted by atomic mass is 35.5. The highest BCUT2D eigenvalue weighted by Gasteiger charge is 2.26. The third-order valence-corrected chi connectivity index (χ3v) is 9.79. The zero-order valence-corrected chi connectivity index (χ0v) is 26.6. The topological polar surface area (TPSA) is 92.3 Å². The Morgan fingerprint density at radius 1 is 0.900 bits per heavy atom. The summed E-state index contributed by atoms with van der Waals surface area (Å²) in [6, 6.07) is 10.3. The number of rotatable bonds is 15. The molecule has 1 heterocycles. The molecule has 0 bridgehead atoms. The molecule has 40 heavy (non-hydrogen) atoms. The molecule has 0 fully saturated rings. The van der Waals surface area contributed by atoms with Gasteiger partial charge in [0, 0.05) is 46.0 Å². The van der Waals surface area contributed by atoms with Crippen LogP contribution in [0.1, 0.15) is 35.3 Å². The summed E-state index contributed by atoms with van der Waals surface area (Å²) in [7, 11) is -0.725. The van der Waals surface area contributed by atoms with Crippen molar-refractivity contribution in [3.8, 4) is 0 Å². The fourth-order valence-electron chi connectivity index (χ4n) is 4.16. The van der Waals surface area contributed by atoms with Crippen LogP contribution in [0.4, 0.5) is 5.13 Å². The van der Waals surface area contributed by atoms with Gasteiger partial charge < -0.3 is 14.4 Å². The van der Waals surface area contributed by atoms with E-state index < -0.39 is 10.0 Å². The fraction of sp³-hybridized carbons (Fsp3) is 0.500. The normalized spacial score (nSPS) is 11.8. The molecule has 1 amide bonds. The number of amides is 1. The van der Waals surface area contributed by atoms with E-state index in [1.807, 2.05) is 0 Å². The SMILES string of the molecule is CCN(CC)CCN(C(=O)c1ccc(S(=O)(=O)N(CCOC)CCOC)cc1)c1nc2cc(C)c(C)cc2s1.Cl. The molecule has 0 saturated carbocycles. The predicted octanol–water partition coefficient (Wildman–Crippen LogP) is 4.61. The van der Waals surface area contributed by atoms with Crippen LogP contribution >= 0.6 is 23.7 Å². The molecule has 0 aliphatic rings. The number of thiazole rings is 1. The van der Waals surface area contributed by atoms with E-state index >= 15 is 0 Å². The molecule has 2 aromatic carbocycles. The van der Waals surface area contributed by atoms with Gasteiger partial charge in [0.15, 0.2) is 5.13 Å². The number of likely N-dealkylation sites (N-methyl/N-ethyl adjacent to an activating group) is 1. The second-order valence-electron chi connectivity index (χ2n) is 9.30. The number of ether oxygens (including phenoxy) is 2. The number of carbonyl (C=O) groups is 1. The van der Waals surface area contributed by atoms with Gasteiger partial charge in [-0.2, -0.15) is 4.31 Å². The number of hydrogen-bond donors (Lipinski definition) is 0. The predicted molar refractivity (Wildman–Crippen MR) is 165 cm³/mol. The standard InChI is InChI=1S/C28H40N4O5S2.ClH/c1-7-30(8-2)13-14-32(28-29-25-19-21(3)22(4)20-26(25)38-28)27(33)23-9-11-24(12-10-23)39(34,35)31(15-17-36-5)16-18-37-6;/h9-12,19-20H,7-8,13-18H2,1-6H3;1H. The Morgan fingerprint density at radius 3 is 2.02 bits per heavy atom. The van der Waals surface area contributed by atoms with Crippen molar-refractivity contribution in [2.75, 3.05) is 71.6 Å². The number of carbonyl (C=O) groups excluding carboxylic acids is 1. The van der Waals surface area contributed by atoms with E-state index in [-0.39, 0.29) is 49.5 Å². The number of methoxy groups -OCH3 is 2. The van der Waals surface area contributed by atoms with E-state index in [0.29, 0.717) is 23.8 Å². The van der Waals surface area contributed by atoms with E-state index in [4.69, 9.17) is 14.5 Å². The second-order valence-corrected chi connectivity index (χ2v) is 12.2. The van der Waals surface area contributed by atoms with Crippen molar-refractivity contribution in [3.63, 3.8) is 0 Å². The number of halogens is 1. The van der Waals surface area contributed by atoms with Gasteiger partial charge >= 0.3 is 0 Å². The van der Waals surface area contributed by atoms with Gasteiger partial charge in [-0.15, -0.1) is 12.4 Å². The van der Waals surface area contributed by atoms with Crippen molar-refractivity contribution in [2.24, 2.45) is 0 Å². The van der Waals surface area contributed by atoms with Crippen LogP contribution in [0.15, 0.2) is 41.3 Å². The summed E-state index contributed by atoms with van der Waals surface area (Å²) in [5, 5.41) is 0.633. The molecule has 3 rings (SSSR count). The monoisotopic (exact) mass is 612 g/mol. The van der Waals surface area contributed by atoms with Gasteiger partial charge in [-0.25, -0.2) is 13.4 Å². The largest absolute Gasteiger partial charge is 0.383 e. The summed E-state index contributed by atoms with van der Waals surface area (Å²) in [6.07, 6.45) is 0. The van der Waals surface area contributed by atoms with Crippen molar-refractivity contribution in [3.05, 3.63) is 53.1 Å². The Morgan fingerprint density at radius 2 is 1.48 bits per heavy atom. The van der Waals surface area contributed by atoms with Crippen LogP contribution in [0.25, 0.3) is 10.2 Å². The average Bonchev–Trinajstić information content (AvgIpc) is 3.33. The van der Waals surface area contributed by atoms with Gasteiger partial charge in [0.2, 0.25) is 10.0 Å². The fourth-order valence-corrected chi connectivity index (χ4v) is 6.64. The van der Waals surface area contributed by atoms with Gasteiger partial charge in [0.1, 0.15) is 0 Å². The summed E-state index contributed by atoms with van der Waals surface area (Å²) in [4.78, 5) is 22.7. The molecule has 9 nitrogen and oxygen atoms in total. The maximum absolute atomic E-state index is 13.8. The maximum Gasteiger partial charge on any atom is 0.260 e. The molecule has 0 N–H and O–H groups in total. The van der Waals surface area contributed by atoms with Gasteiger partial charge in [0.05, 0.1) is 28.3 Å². The van der Waals surface area contributed by atoms with E-state index in [1.54, 1.807) is 17.0 Å². The van der Waals surface area contributed by atoms with Crippen LogP contribution in [0.3, 0.4) is 0 Å². The van der Waals surface area contributed by atoms with Crippen molar-refractivity contribution in [1.82, 2.24) is 14.2 Å². The lowest BCUT2D eigenvalue weighted by Crippen LogP contribution is -2.39. The Bertz CT molecular complexity index is 1300. The van der Waals surface area contributed by atoms with Gasteiger partial charge in [0.25, 0.3) is 5.91 Å². The van der Waals surface area contributed by atoms with Crippen molar-refractivity contribution in [2.45, 2.75) is 32.6 Å². The molecular weight excluding hydrogens is 572 g/mol. The zero-order chi connectivity index (χ0) is 28.6. The molecule has 0 unspecified atom stereocenters. The Balaban J connectivity index is 0.00000560. The lowest BCUT2D eigenvalue weighted by Gasteiger charge is -2.25. The minimum absolute atomic E-state index is 0. The number of anilines is 1. The summed E-state index contributed by atoms with van der Waals surface area (Å²) in [5.41, 5.74) is 3.61. The minimum atomic E-state index is -3.78. The number of hydrogen-bond acceptors (Lipinski definition) is 8. The first-order chi connectivity index (χ1) is 18.7. The molecule has 1 aromatic heterocycles. The van der Waals surface area contributed by atoms with Crippen LogP contribution in [-0.2, 0) is 19.5 Å². The van der Waals surface area contributed by atoms with E-state index in [2.05, 4.69) is 44.7 Å². The number of aryl methyl sites for hydroxylation is 2. The quantitative estimate of drug-likeness (QED) is 0.248. The van der Waals surface area contributed by atoms with Crippen LogP contribution in [0.5, 0.6) is 0 Å². The number of nitrogens with zero attached hydrogens (tertiary/aromatic N) is 4. The zero-order valence-electron chi connectivity index (χ0n) is 24.2. The van der Waals surface area contributed by atoms with E-state index in [0.717, 1.165) is 28.9 Å². The van der Waals surface area contributed by atoms with Gasteiger partial charge in [-0.1, -0.05) is 25.2 Å². The number of sulfonamides is 1. The first kappa shape index (κ1) is 34.1. The van der Waals surface area contributed by atoms with Crippen LogP contribution in [0, 0.1) is 13.8 Å². The lowest BCUT2D eigenvalue weighted by atomic mass is 10.1. The third kappa shape index (κ3) is 8.22. The Hall–Kier alpha value is -2.12.